The lowest BCUT2D eigenvalue weighted by Crippen LogP contribution is -2.37. The number of amides is 1. The maximum atomic E-state index is 12.8. The molecule has 20 heavy (non-hydrogen) atoms. The second-order valence-electron chi connectivity index (χ2n) is 5.49. The number of benzene rings is 1. The standard InChI is InChI=1S/C16H14N2O2/c1-9-7-12-13(17(9)2)8-18-14(15(12)19)10-5-3-4-6-11(10)16(18)20/h3-7,14H,8H2,1-2H3. The number of rotatable bonds is 0. The van der Waals surface area contributed by atoms with Crippen LogP contribution in [0.3, 0.4) is 0 Å². The van der Waals surface area contributed by atoms with Gasteiger partial charge in [0.1, 0.15) is 6.04 Å². The highest BCUT2D eigenvalue weighted by molar-refractivity contribution is 6.11. The first-order chi connectivity index (χ1) is 9.59. The lowest BCUT2D eigenvalue weighted by molar-refractivity contribution is 0.0611. The molecule has 0 saturated carbocycles. The van der Waals surface area contributed by atoms with E-state index < -0.39 is 6.04 Å². The van der Waals surface area contributed by atoms with Crippen LogP contribution in [0.2, 0.25) is 0 Å². The molecule has 2 aliphatic heterocycles. The molecular weight excluding hydrogens is 252 g/mol. The van der Waals surface area contributed by atoms with Crippen molar-refractivity contribution >= 4 is 11.7 Å². The van der Waals surface area contributed by atoms with Gasteiger partial charge < -0.3 is 9.47 Å². The van der Waals surface area contributed by atoms with Crippen LogP contribution in [0.25, 0.3) is 0 Å². The Morgan fingerprint density at radius 1 is 1.15 bits per heavy atom. The van der Waals surface area contributed by atoms with Crippen molar-refractivity contribution in [3.63, 3.8) is 0 Å². The van der Waals surface area contributed by atoms with Crippen LogP contribution >= 0.6 is 0 Å². The van der Waals surface area contributed by atoms with Gasteiger partial charge in [-0.1, -0.05) is 18.2 Å². The summed E-state index contributed by atoms with van der Waals surface area (Å²) in [6, 6.07) is 8.91. The predicted octanol–water partition coefficient (Wildman–Crippen LogP) is 2.23. The number of ketones is 1. The minimum atomic E-state index is -0.437. The molecule has 2 aliphatic rings. The summed E-state index contributed by atoms with van der Waals surface area (Å²) < 4.78 is 2.00. The zero-order chi connectivity index (χ0) is 14.0. The molecule has 4 heteroatoms. The molecule has 1 amide bonds. The molecule has 0 saturated heterocycles. The van der Waals surface area contributed by atoms with E-state index in [1.807, 2.05) is 42.8 Å². The molecular formula is C16H14N2O2. The summed E-state index contributed by atoms with van der Waals surface area (Å²) in [6.45, 7) is 2.48. The molecule has 4 rings (SSSR count). The van der Waals surface area contributed by atoms with Crippen LogP contribution < -0.4 is 0 Å². The Balaban J connectivity index is 1.94. The normalized spacial score (nSPS) is 19.9. The van der Waals surface area contributed by atoms with Gasteiger partial charge in [-0.2, -0.15) is 0 Å². The van der Waals surface area contributed by atoms with Crippen LogP contribution in [0.5, 0.6) is 0 Å². The first-order valence-corrected chi connectivity index (χ1v) is 6.69. The smallest absolute Gasteiger partial charge is 0.255 e. The zero-order valence-corrected chi connectivity index (χ0v) is 11.4. The Morgan fingerprint density at radius 3 is 2.70 bits per heavy atom. The maximum Gasteiger partial charge on any atom is 0.255 e. The monoisotopic (exact) mass is 266 g/mol. The predicted molar refractivity (Wildman–Crippen MR) is 73.5 cm³/mol. The van der Waals surface area contributed by atoms with E-state index in [2.05, 4.69) is 0 Å². The molecule has 1 aromatic carbocycles. The van der Waals surface area contributed by atoms with Gasteiger partial charge in [0.15, 0.2) is 5.78 Å². The number of fused-ring (bicyclic) bond motifs is 4. The van der Waals surface area contributed by atoms with E-state index in [1.165, 1.54) is 0 Å². The van der Waals surface area contributed by atoms with Crippen LogP contribution in [0.1, 0.15) is 43.7 Å². The topological polar surface area (TPSA) is 42.3 Å². The van der Waals surface area contributed by atoms with E-state index in [9.17, 15) is 9.59 Å². The van der Waals surface area contributed by atoms with Gasteiger partial charge in [-0.3, -0.25) is 9.59 Å². The van der Waals surface area contributed by atoms with Crippen molar-refractivity contribution in [2.45, 2.75) is 19.5 Å². The molecule has 0 bridgehead atoms. The Hall–Kier alpha value is -2.36. The molecule has 1 aromatic heterocycles. The van der Waals surface area contributed by atoms with E-state index in [0.717, 1.165) is 22.5 Å². The first kappa shape index (κ1) is 11.5. The van der Waals surface area contributed by atoms with Crippen molar-refractivity contribution in [2.24, 2.45) is 7.05 Å². The highest BCUT2D eigenvalue weighted by Crippen LogP contribution is 2.41. The molecule has 0 spiro atoms. The molecule has 3 heterocycles. The Kier molecular flexibility index (Phi) is 2.06. The zero-order valence-electron chi connectivity index (χ0n) is 11.4. The van der Waals surface area contributed by atoms with Gasteiger partial charge in [0.25, 0.3) is 5.91 Å². The molecule has 100 valence electrons. The summed E-state index contributed by atoms with van der Waals surface area (Å²) >= 11 is 0. The first-order valence-electron chi connectivity index (χ1n) is 6.69. The summed E-state index contributed by atoms with van der Waals surface area (Å²) in [4.78, 5) is 26.9. The minimum absolute atomic E-state index is 0.0354. The molecule has 4 nitrogen and oxygen atoms in total. The summed E-state index contributed by atoms with van der Waals surface area (Å²) in [7, 11) is 1.94. The van der Waals surface area contributed by atoms with Gasteiger partial charge in [-0.15, -0.1) is 0 Å². The van der Waals surface area contributed by atoms with E-state index >= 15 is 0 Å². The lowest BCUT2D eigenvalue weighted by atomic mass is 9.94. The lowest BCUT2D eigenvalue weighted by Gasteiger charge is -2.29. The van der Waals surface area contributed by atoms with E-state index in [4.69, 9.17) is 0 Å². The van der Waals surface area contributed by atoms with Crippen molar-refractivity contribution in [3.05, 3.63) is 58.4 Å². The van der Waals surface area contributed by atoms with Gasteiger partial charge in [0.2, 0.25) is 0 Å². The van der Waals surface area contributed by atoms with E-state index in [1.54, 1.807) is 11.0 Å². The third-order valence-corrected chi connectivity index (χ3v) is 4.49. The average molecular weight is 266 g/mol. The number of hydrogen-bond donors (Lipinski definition) is 0. The second-order valence-corrected chi connectivity index (χ2v) is 5.49. The van der Waals surface area contributed by atoms with Crippen LogP contribution in [0.4, 0.5) is 0 Å². The molecule has 0 radical (unpaired) electrons. The molecule has 0 fully saturated rings. The van der Waals surface area contributed by atoms with Gasteiger partial charge in [0, 0.05) is 29.6 Å². The van der Waals surface area contributed by atoms with Gasteiger partial charge in [-0.05, 0) is 24.6 Å². The Labute approximate surface area is 116 Å². The van der Waals surface area contributed by atoms with Crippen molar-refractivity contribution in [1.29, 1.82) is 0 Å². The summed E-state index contributed by atoms with van der Waals surface area (Å²) in [6.07, 6.45) is 0. The Bertz CT molecular complexity index is 773. The fourth-order valence-electron chi connectivity index (χ4n) is 3.31. The molecule has 0 aliphatic carbocycles. The molecule has 1 atom stereocenters. The number of carbonyl (C=O) groups excluding carboxylic acids is 2. The van der Waals surface area contributed by atoms with Crippen LogP contribution in [-0.2, 0) is 13.6 Å². The van der Waals surface area contributed by atoms with Gasteiger partial charge in [0.05, 0.1) is 6.54 Å². The van der Waals surface area contributed by atoms with Crippen molar-refractivity contribution < 1.29 is 9.59 Å². The van der Waals surface area contributed by atoms with Gasteiger partial charge in [-0.25, -0.2) is 0 Å². The van der Waals surface area contributed by atoms with E-state index in [0.29, 0.717) is 12.1 Å². The SMILES string of the molecule is Cc1cc2c(n1C)CN1C(=O)c3ccccc3C1C2=O. The highest BCUT2D eigenvalue weighted by atomic mass is 16.2. The number of nitrogens with zero attached hydrogens (tertiary/aromatic N) is 2. The molecule has 1 unspecified atom stereocenters. The number of carbonyl (C=O) groups is 2. The van der Waals surface area contributed by atoms with Crippen LogP contribution in [0, 0.1) is 6.92 Å². The maximum absolute atomic E-state index is 12.8. The summed E-state index contributed by atoms with van der Waals surface area (Å²) in [5, 5.41) is 0. The van der Waals surface area contributed by atoms with E-state index in [-0.39, 0.29) is 11.7 Å². The third kappa shape index (κ3) is 1.21. The Morgan fingerprint density at radius 2 is 1.90 bits per heavy atom. The van der Waals surface area contributed by atoms with Crippen LogP contribution in [-0.4, -0.2) is 21.2 Å². The van der Waals surface area contributed by atoms with Crippen molar-refractivity contribution in [1.82, 2.24) is 9.47 Å². The molecule has 2 aromatic rings. The third-order valence-electron chi connectivity index (χ3n) is 4.49. The number of aromatic nitrogens is 1. The fraction of sp³-hybridized carbons (Fsp3) is 0.250. The average Bonchev–Trinajstić information content (AvgIpc) is 2.90. The van der Waals surface area contributed by atoms with Crippen molar-refractivity contribution in [2.75, 3.05) is 0 Å². The fourth-order valence-corrected chi connectivity index (χ4v) is 3.31. The quantitative estimate of drug-likeness (QED) is 0.733. The number of hydrogen-bond acceptors (Lipinski definition) is 2. The number of Topliss-reactive ketones (excluding diaryl/α,β-unsaturated/α-hetero) is 1. The largest absolute Gasteiger partial charge is 0.350 e. The second kappa shape index (κ2) is 3.60. The van der Waals surface area contributed by atoms with Gasteiger partial charge >= 0.3 is 0 Å². The molecule has 0 N–H and O–H groups in total. The number of aryl methyl sites for hydroxylation is 1. The minimum Gasteiger partial charge on any atom is -0.350 e. The summed E-state index contributed by atoms with van der Waals surface area (Å²) in [5.41, 5.74) is 4.25. The highest BCUT2D eigenvalue weighted by Gasteiger charge is 2.45. The van der Waals surface area contributed by atoms with Crippen LogP contribution in [0.15, 0.2) is 30.3 Å². The summed E-state index contributed by atoms with van der Waals surface area (Å²) in [5.74, 6) is -0.00305. The van der Waals surface area contributed by atoms with Crippen molar-refractivity contribution in [3.8, 4) is 0 Å².